The number of aryl methyl sites for hydroxylation is 1. The van der Waals surface area contributed by atoms with Gasteiger partial charge in [0.15, 0.2) is 0 Å². The molecule has 0 saturated carbocycles. The van der Waals surface area contributed by atoms with Crippen molar-refractivity contribution in [2.45, 2.75) is 47.1 Å². The van der Waals surface area contributed by atoms with Crippen molar-refractivity contribution in [2.75, 3.05) is 12.3 Å². The Hall–Kier alpha value is -0.810. The molecule has 0 bridgehead atoms. The monoisotopic (exact) mass is 272 g/mol. The molecule has 0 radical (unpaired) electrons. The summed E-state index contributed by atoms with van der Waals surface area (Å²) in [6.45, 7) is 10.6. The predicted octanol–water partition coefficient (Wildman–Crippen LogP) is 2.17. The van der Waals surface area contributed by atoms with Crippen LogP contribution in [0.4, 0.5) is 0 Å². The van der Waals surface area contributed by atoms with Crippen LogP contribution in [0.15, 0.2) is 6.07 Å². The van der Waals surface area contributed by atoms with E-state index >= 15 is 0 Å². The lowest BCUT2D eigenvalue weighted by Crippen LogP contribution is -2.27. The van der Waals surface area contributed by atoms with Crippen molar-refractivity contribution < 1.29 is 8.42 Å². The molecule has 0 unspecified atom stereocenters. The smallest absolute Gasteiger partial charge is 0.211 e. The van der Waals surface area contributed by atoms with E-state index in [2.05, 4.69) is 43.1 Å². The van der Waals surface area contributed by atoms with Crippen LogP contribution >= 0.6 is 0 Å². The molecule has 0 aliphatic carbocycles. The molecule has 1 rings (SSSR count). The van der Waals surface area contributed by atoms with Gasteiger partial charge < -0.3 is 4.57 Å². The van der Waals surface area contributed by atoms with Crippen molar-refractivity contribution in [3.05, 3.63) is 23.0 Å². The second kappa shape index (κ2) is 5.89. The third-order valence-corrected chi connectivity index (χ3v) is 4.61. The van der Waals surface area contributed by atoms with Crippen LogP contribution in [0.5, 0.6) is 0 Å². The van der Waals surface area contributed by atoms with Crippen molar-refractivity contribution in [1.29, 1.82) is 0 Å². The second-order valence-corrected chi connectivity index (χ2v) is 7.00. The first-order chi connectivity index (χ1) is 8.28. The summed E-state index contributed by atoms with van der Waals surface area (Å²) in [6.07, 6.45) is 0.742. The Morgan fingerprint density at radius 1 is 1.33 bits per heavy atom. The standard InChI is InChI=1S/C13H24N2O2S/c1-6-18(16,17)14-8-7-13-9-11(4)15(10(2)3)12(13)5/h9-10,14H,6-8H2,1-5H3. The van der Waals surface area contributed by atoms with Gasteiger partial charge in [0.25, 0.3) is 0 Å². The van der Waals surface area contributed by atoms with Crippen LogP contribution in [0.25, 0.3) is 0 Å². The largest absolute Gasteiger partial charge is 0.346 e. The van der Waals surface area contributed by atoms with Gasteiger partial charge in [-0.25, -0.2) is 13.1 Å². The van der Waals surface area contributed by atoms with E-state index in [1.807, 2.05) is 0 Å². The Morgan fingerprint density at radius 3 is 2.39 bits per heavy atom. The Labute approximate surface area is 110 Å². The summed E-state index contributed by atoms with van der Waals surface area (Å²) in [4.78, 5) is 0. The van der Waals surface area contributed by atoms with E-state index in [0.717, 1.165) is 6.42 Å². The minimum absolute atomic E-state index is 0.137. The molecule has 0 aliphatic rings. The number of hydrogen-bond donors (Lipinski definition) is 1. The predicted molar refractivity (Wildman–Crippen MR) is 75.5 cm³/mol. The zero-order chi connectivity index (χ0) is 13.9. The van der Waals surface area contributed by atoms with Gasteiger partial charge in [0, 0.05) is 24.0 Å². The molecule has 1 N–H and O–H groups in total. The summed E-state index contributed by atoms with van der Waals surface area (Å²) in [5.74, 6) is 0.137. The average molecular weight is 272 g/mol. The van der Waals surface area contributed by atoms with Gasteiger partial charge in [-0.15, -0.1) is 0 Å². The topological polar surface area (TPSA) is 51.1 Å². The van der Waals surface area contributed by atoms with Gasteiger partial charge in [0.2, 0.25) is 10.0 Å². The quantitative estimate of drug-likeness (QED) is 0.863. The van der Waals surface area contributed by atoms with E-state index in [1.54, 1.807) is 6.92 Å². The Kier molecular flexibility index (Phi) is 4.99. The molecule has 0 fully saturated rings. The van der Waals surface area contributed by atoms with Crippen molar-refractivity contribution in [3.8, 4) is 0 Å². The fourth-order valence-electron chi connectivity index (χ4n) is 2.34. The molecular weight excluding hydrogens is 248 g/mol. The number of rotatable bonds is 6. The summed E-state index contributed by atoms with van der Waals surface area (Å²) in [7, 11) is -3.08. The molecule has 0 amide bonds. The Balaban J connectivity index is 2.73. The van der Waals surface area contributed by atoms with Gasteiger partial charge in [-0.3, -0.25) is 0 Å². The molecule has 1 aromatic rings. The summed E-state index contributed by atoms with van der Waals surface area (Å²) >= 11 is 0. The van der Waals surface area contributed by atoms with Crippen LogP contribution in [-0.2, 0) is 16.4 Å². The highest BCUT2D eigenvalue weighted by molar-refractivity contribution is 7.89. The third kappa shape index (κ3) is 3.59. The van der Waals surface area contributed by atoms with Crippen LogP contribution in [-0.4, -0.2) is 25.3 Å². The number of hydrogen-bond acceptors (Lipinski definition) is 2. The second-order valence-electron chi connectivity index (χ2n) is 4.91. The summed E-state index contributed by atoms with van der Waals surface area (Å²) < 4.78 is 27.6. The molecule has 0 aliphatic heterocycles. The van der Waals surface area contributed by atoms with Gasteiger partial charge in [0.1, 0.15) is 0 Å². The van der Waals surface area contributed by atoms with E-state index in [9.17, 15) is 8.42 Å². The van der Waals surface area contributed by atoms with Crippen LogP contribution < -0.4 is 4.72 Å². The van der Waals surface area contributed by atoms with Crippen LogP contribution in [0.3, 0.4) is 0 Å². The number of sulfonamides is 1. The average Bonchev–Trinajstić information content (AvgIpc) is 2.54. The molecule has 0 spiro atoms. The molecule has 1 aromatic heterocycles. The fourth-order valence-corrected chi connectivity index (χ4v) is 2.95. The van der Waals surface area contributed by atoms with Gasteiger partial charge >= 0.3 is 0 Å². The van der Waals surface area contributed by atoms with Crippen molar-refractivity contribution in [2.24, 2.45) is 0 Å². The summed E-state index contributed by atoms with van der Waals surface area (Å²) in [5, 5.41) is 0. The zero-order valence-electron chi connectivity index (χ0n) is 11.9. The van der Waals surface area contributed by atoms with Crippen molar-refractivity contribution >= 4 is 10.0 Å². The zero-order valence-corrected chi connectivity index (χ0v) is 12.8. The number of nitrogens with one attached hydrogen (secondary N) is 1. The van der Waals surface area contributed by atoms with E-state index in [4.69, 9.17) is 0 Å². The number of aromatic nitrogens is 1. The van der Waals surface area contributed by atoms with E-state index in [1.165, 1.54) is 17.0 Å². The highest BCUT2D eigenvalue weighted by Crippen LogP contribution is 2.20. The first-order valence-corrected chi connectivity index (χ1v) is 8.08. The lowest BCUT2D eigenvalue weighted by molar-refractivity contribution is 0.571. The van der Waals surface area contributed by atoms with Crippen LogP contribution in [0.2, 0.25) is 0 Å². The van der Waals surface area contributed by atoms with Gasteiger partial charge in [-0.2, -0.15) is 0 Å². The lowest BCUT2D eigenvalue weighted by atomic mass is 10.2. The maximum absolute atomic E-state index is 11.3. The molecule has 18 heavy (non-hydrogen) atoms. The van der Waals surface area contributed by atoms with E-state index in [-0.39, 0.29) is 5.75 Å². The molecule has 4 nitrogen and oxygen atoms in total. The molecular formula is C13H24N2O2S. The van der Waals surface area contributed by atoms with Gasteiger partial charge in [-0.1, -0.05) is 0 Å². The minimum Gasteiger partial charge on any atom is -0.346 e. The summed E-state index contributed by atoms with van der Waals surface area (Å²) in [6, 6.07) is 2.58. The van der Waals surface area contributed by atoms with Crippen LogP contribution in [0.1, 0.15) is 43.8 Å². The Morgan fingerprint density at radius 2 is 1.94 bits per heavy atom. The fraction of sp³-hybridized carbons (Fsp3) is 0.692. The maximum atomic E-state index is 11.3. The minimum atomic E-state index is -3.08. The lowest BCUT2D eigenvalue weighted by Gasteiger charge is -2.13. The molecule has 0 aromatic carbocycles. The third-order valence-electron chi connectivity index (χ3n) is 3.20. The van der Waals surface area contributed by atoms with Gasteiger partial charge in [-0.05, 0) is 52.7 Å². The van der Waals surface area contributed by atoms with Crippen molar-refractivity contribution in [1.82, 2.24) is 9.29 Å². The highest BCUT2D eigenvalue weighted by Gasteiger charge is 2.12. The number of nitrogens with zero attached hydrogens (tertiary/aromatic N) is 1. The molecule has 0 atom stereocenters. The van der Waals surface area contributed by atoms with E-state index < -0.39 is 10.0 Å². The first kappa shape index (κ1) is 15.2. The molecule has 1 heterocycles. The van der Waals surface area contributed by atoms with E-state index in [0.29, 0.717) is 12.6 Å². The van der Waals surface area contributed by atoms with Gasteiger partial charge in [0.05, 0.1) is 5.75 Å². The molecule has 5 heteroatoms. The summed E-state index contributed by atoms with van der Waals surface area (Å²) in [5.41, 5.74) is 3.69. The highest BCUT2D eigenvalue weighted by atomic mass is 32.2. The SMILES string of the molecule is CCS(=O)(=O)NCCc1cc(C)n(C(C)C)c1C. The normalized spacial score (nSPS) is 12.3. The maximum Gasteiger partial charge on any atom is 0.211 e. The Bertz CT molecular complexity index is 501. The molecule has 104 valence electrons. The van der Waals surface area contributed by atoms with Crippen LogP contribution in [0, 0.1) is 13.8 Å². The first-order valence-electron chi connectivity index (χ1n) is 6.43. The van der Waals surface area contributed by atoms with Crippen molar-refractivity contribution in [3.63, 3.8) is 0 Å². The molecule has 0 saturated heterocycles.